The molecule has 0 aliphatic heterocycles. The highest BCUT2D eigenvalue weighted by Gasteiger charge is 2.13. The van der Waals surface area contributed by atoms with Crippen molar-refractivity contribution in [3.8, 4) is 0 Å². The van der Waals surface area contributed by atoms with Gasteiger partial charge in [0.1, 0.15) is 0 Å². The zero-order chi connectivity index (χ0) is 12.7. The number of nitrogens with zero attached hydrogens (tertiary/aromatic N) is 2. The summed E-state index contributed by atoms with van der Waals surface area (Å²) in [4.78, 5) is 5.57. The number of halogens is 2. The van der Waals surface area contributed by atoms with Gasteiger partial charge in [-0.25, -0.2) is 8.78 Å². The molecule has 4 nitrogen and oxygen atoms in total. The van der Waals surface area contributed by atoms with Gasteiger partial charge in [-0.15, -0.1) is 0 Å². The molecule has 6 heteroatoms. The maximum absolute atomic E-state index is 12.3. The van der Waals surface area contributed by atoms with Gasteiger partial charge in [0, 0.05) is 25.8 Å². The molecule has 0 aliphatic carbocycles. The van der Waals surface area contributed by atoms with Crippen molar-refractivity contribution in [3.63, 3.8) is 0 Å². The summed E-state index contributed by atoms with van der Waals surface area (Å²) in [7, 11) is 0. The van der Waals surface area contributed by atoms with Gasteiger partial charge in [-0.05, 0) is 11.6 Å². The van der Waals surface area contributed by atoms with Crippen LogP contribution in [0.3, 0.4) is 0 Å². The first kappa shape index (κ1) is 14.0. The van der Waals surface area contributed by atoms with Crippen LogP contribution in [-0.4, -0.2) is 41.1 Å². The average molecular weight is 245 g/mol. The largest absolute Gasteiger partial charge is 0.395 e. The molecule has 0 bridgehead atoms. The van der Waals surface area contributed by atoms with Gasteiger partial charge in [-0.3, -0.25) is 9.88 Å². The minimum Gasteiger partial charge on any atom is -0.395 e. The van der Waals surface area contributed by atoms with Crippen molar-refractivity contribution in [2.24, 2.45) is 5.73 Å². The third kappa shape index (κ3) is 4.72. The van der Waals surface area contributed by atoms with Crippen molar-refractivity contribution in [2.75, 3.05) is 19.7 Å². The fraction of sp³-hybridized carbons (Fsp3) is 0.545. The Hall–Kier alpha value is -1.11. The molecule has 0 radical (unpaired) electrons. The number of hydrogen-bond donors (Lipinski definition) is 2. The van der Waals surface area contributed by atoms with E-state index >= 15 is 0 Å². The number of rotatable bonds is 7. The molecule has 0 spiro atoms. The van der Waals surface area contributed by atoms with Crippen LogP contribution >= 0.6 is 0 Å². The summed E-state index contributed by atoms with van der Waals surface area (Å²) >= 11 is 0. The van der Waals surface area contributed by atoms with E-state index < -0.39 is 6.43 Å². The van der Waals surface area contributed by atoms with Crippen molar-refractivity contribution in [3.05, 3.63) is 29.6 Å². The molecule has 1 heterocycles. The topological polar surface area (TPSA) is 62.4 Å². The molecule has 1 aromatic heterocycles. The lowest BCUT2D eigenvalue weighted by atomic mass is 10.2. The van der Waals surface area contributed by atoms with Crippen LogP contribution in [-0.2, 0) is 13.1 Å². The summed E-state index contributed by atoms with van der Waals surface area (Å²) < 4.78 is 24.7. The molecule has 96 valence electrons. The first-order valence-electron chi connectivity index (χ1n) is 5.41. The minimum absolute atomic E-state index is 0.148. The van der Waals surface area contributed by atoms with E-state index in [0.717, 1.165) is 5.56 Å². The van der Waals surface area contributed by atoms with Crippen LogP contribution < -0.4 is 5.73 Å². The molecule has 3 N–H and O–H groups in total. The number of pyridine rings is 1. The average Bonchev–Trinajstić information content (AvgIpc) is 2.29. The molecule has 17 heavy (non-hydrogen) atoms. The normalized spacial score (nSPS) is 11.4. The second-order valence-corrected chi connectivity index (χ2v) is 3.66. The van der Waals surface area contributed by atoms with Crippen LogP contribution in [0.15, 0.2) is 18.3 Å². The molecule has 0 aliphatic rings. The van der Waals surface area contributed by atoms with Crippen molar-refractivity contribution in [1.29, 1.82) is 0 Å². The summed E-state index contributed by atoms with van der Waals surface area (Å²) in [5.74, 6) is 0. The Morgan fingerprint density at radius 1 is 1.47 bits per heavy atom. The lowest BCUT2D eigenvalue weighted by molar-refractivity contribution is 0.0744. The minimum atomic E-state index is -2.42. The predicted octanol–water partition coefficient (Wildman–Crippen LogP) is 0.600. The Balaban J connectivity index is 2.70. The van der Waals surface area contributed by atoms with E-state index in [2.05, 4.69) is 4.98 Å². The number of aliphatic hydroxyl groups is 1. The summed E-state index contributed by atoms with van der Waals surface area (Å²) in [5.41, 5.74) is 7.05. The lowest BCUT2D eigenvalue weighted by Gasteiger charge is -2.21. The fourth-order valence-corrected chi connectivity index (χ4v) is 1.61. The van der Waals surface area contributed by atoms with E-state index in [9.17, 15) is 8.78 Å². The van der Waals surface area contributed by atoms with Crippen molar-refractivity contribution in [2.45, 2.75) is 19.5 Å². The van der Waals surface area contributed by atoms with Gasteiger partial charge in [0.2, 0.25) is 0 Å². The second-order valence-electron chi connectivity index (χ2n) is 3.66. The summed E-state index contributed by atoms with van der Waals surface area (Å²) in [6, 6.07) is 3.55. The van der Waals surface area contributed by atoms with Crippen LogP contribution in [0, 0.1) is 0 Å². The maximum atomic E-state index is 12.3. The second kappa shape index (κ2) is 7.26. The van der Waals surface area contributed by atoms with Crippen LogP contribution in [0.25, 0.3) is 0 Å². The predicted molar refractivity (Wildman–Crippen MR) is 60.5 cm³/mol. The zero-order valence-electron chi connectivity index (χ0n) is 9.52. The SMILES string of the molecule is NCc1ncccc1CN(CCO)CC(F)F. The highest BCUT2D eigenvalue weighted by molar-refractivity contribution is 5.19. The number of nitrogens with two attached hydrogens (primary N) is 1. The molecule has 0 aromatic carbocycles. The highest BCUT2D eigenvalue weighted by atomic mass is 19.3. The van der Waals surface area contributed by atoms with Gasteiger partial charge in [0.25, 0.3) is 6.43 Å². The van der Waals surface area contributed by atoms with Gasteiger partial charge in [-0.1, -0.05) is 6.07 Å². The van der Waals surface area contributed by atoms with Crippen LogP contribution in [0.2, 0.25) is 0 Å². The molecule has 0 unspecified atom stereocenters. The molecule has 0 amide bonds. The third-order valence-corrected chi connectivity index (χ3v) is 2.38. The molecule has 1 rings (SSSR count). The number of aliphatic hydroxyl groups excluding tert-OH is 1. The molecule has 0 saturated heterocycles. The summed E-state index contributed by atoms with van der Waals surface area (Å²) in [6.45, 7) is 0.302. The lowest BCUT2D eigenvalue weighted by Crippen LogP contribution is -2.31. The van der Waals surface area contributed by atoms with E-state index in [1.807, 2.05) is 6.07 Å². The first-order valence-corrected chi connectivity index (χ1v) is 5.41. The molecule has 0 fully saturated rings. The van der Waals surface area contributed by atoms with E-state index in [4.69, 9.17) is 10.8 Å². The Bertz CT molecular complexity index is 336. The smallest absolute Gasteiger partial charge is 0.251 e. The molecule has 1 aromatic rings. The summed E-state index contributed by atoms with van der Waals surface area (Å²) in [6.07, 6.45) is -0.797. The number of hydrogen-bond acceptors (Lipinski definition) is 4. The molecule has 0 atom stereocenters. The van der Waals surface area contributed by atoms with Crippen LogP contribution in [0.5, 0.6) is 0 Å². The van der Waals surface area contributed by atoms with E-state index in [1.165, 1.54) is 4.90 Å². The third-order valence-electron chi connectivity index (χ3n) is 2.38. The van der Waals surface area contributed by atoms with Crippen molar-refractivity contribution in [1.82, 2.24) is 9.88 Å². The monoisotopic (exact) mass is 245 g/mol. The Morgan fingerprint density at radius 3 is 2.82 bits per heavy atom. The van der Waals surface area contributed by atoms with Crippen molar-refractivity contribution < 1.29 is 13.9 Å². The first-order chi connectivity index (χ1) is 8.17. The molecular formula is C11H17F2N3O. The van der Waals surface area contributed by atoms with Gasteiger partial charge < -0.3 is 10.8 Å². The van der Waals surface area contributed by atoms with Gasteiger partial charge in [0.15, 0.2) is 0 Å². The van der Waals surface area contributed by atoms with Gasteiger partial charge in [-0.2, -0.15) is 0 Å². The fourth-order valence-electron chi connectivity index (χ4n) is 1.61. The quantitative estimate of drug-likeness (QED) is 0.738. The van der Waals surface area contributed by atoms with Crippen molar-refractivity contribution >= 4 is 0 Å². The van der Waals surface area contributed by atoms with Gasteiger partial charge in [0.05, 0.1) is 18.8 Å². The van der Waals surface area contributed by atoms with Crippen LogP contribution in [0.1, 0.15) is 11.3 Å². The van der Waals surface area contributed by atoms with Gasteiger partial charge >= 0.3 is 0 Å². The highest BCUT2D eigenvalue weighted by Crippen LogP contribution is 2.10. The molecular weight excluding hydrogens is 228 g/mol. The zero-order valence-corrected chi connectivity index (χ0v) is 9.52. The standard InChI is InChI=1S/C11H17F2N3O/c12-11(13)8-16(4-5-17)7-9-2-1-3-15-10(9)6-14/h1-3,11,17H,4-8,14H2. The maximum Gasteiger partial charge on any atom is 0.251 e. The van der Waals surface area contributed by atoms with E-state index in [1.54, 1.807) is 12.3 Å². The Morgan fingerprint density at radius 2 is 2.24 bits per heavy atom. The number of alkyl halides is 2. The molecule has 0 saturated carbocycles. The Labute approximate surface area is 99.1 Å². The summed E-state index contributed by atoms with van der Waals surface area (Å²) in [5, 5.41) is 8.83. The number of aromatic nitrogens is 1. The Kier molecular flexibility index (Phi) is 5.96. The van der Waals surface area contributed by atoms with Crippen LogP contribution in [0.4, 0.5) is 8.78 Å². The van der Waals surface area contributed by atoms with E-state index in [-0.39, 0.29) is 26.2 Å². The van der Waals surface area contributed by atoms with E-state index in [0.29, 0.717) is 12.2 Å².